The Labute approximate surface area is 121 Å². The van der Waals surface area contributed by atoms with E-state index in [1.807, 2.05) is 0 Å². The zero-order valence-electron chi connectivity index (χ0n) is 12.5. The van der Waals surface area contributed by atoms with Crippen molar-refractivity contribution in [2.24, 2.45) is 0 Å². The van der Waals surface area contributed by atoms with Gasteiger partial charge in [-0.25, -0.2) is 0 Å². The topological polar surface area (TPSA) is 70.7 Å². The van der Waals surface area contributed by atoms with E-state index in [1.54, 1.807) is 12.0 Å². The zero-order valence-corrected chi connectivity index (χ0v) is 12.5. The first-order valence-corrected chi connectivity index (χ1v) is 7.48. The maximum Gasteiger partial charge on any atom is 0.239 e. The highest BCUT2D eigenvalue weighted by Crippen LogP contribution is 2.11. The smallest absolute Gasteiger partial charge is 0.239 e. The fraction of sp³-hybridized carbons (Fsp3) is 0.857. The fourth-order valence-corrected chi connectivity index (χ4v) is 2.20. The van der Waals surface area contributed by atoms with Crippen LogP contribution in [0.3, 0.4) is 0 Å². The van der Waals surface area contributed by atoms with Gasteiger partial charge >= 0.3 is 0 Å². The van der Waals surface area contributed by atoms with E-state index in [2.05, 4.69) is 10.6 Å². The number of nitrogens with one attached hydrogen (secondary N) is 2. The lowest BCUT2D eigenvalue weighted by molar-refractivity contribution is -0.136. The molecule has 2 amide bonds. The summed E-state index contributed by atoms with van der Waals surface area (Å²) >= 11 is 0. The van der Waals surface area contributed by atoms with Crippen LogP contribution >= 0.6 is 0 Å². The number of methoxy groups -OCH3 is 1. The summed E-state index contributed by atoms with van der Waals surface area (Å²) in [6.45, 7) is 3.62. The molecule has 1 aliphatic rings. The lowest BCUT2D eigenvalue weighted by Gasteiger charge is -2.24. The van der Waals surface area contributed by atoms with E-state index >= 15 is 0 Å². The molecule has 2 N–H and O–H groups in total. The summed E-state index contributed by atoms with van der Waals surface area (Å²) in [6.07, 6.45) is 4.79. The molecule has 0 bridgehead atoms. The molecule has 1 rings (SSSR count). The highest BCUT2D eigenvalue weighted by molar-refractivity contribution is 5.84. The number of amides is 2. The van der Waals surface area contributed by atoms with E-state index < -0.39 is 0 Å². The maximum atomic E-state index is 11.9. The molecule has 0 aromatic rings. The van der Waals surface area contributed by atoms with Crippen molar-refractivity contribution in [3.63, 3.8) is 0 Å². The second-order valence-electron chi connectivity index (χ2n) is 5.07. The van der Waals surface area contributed by atoms with E-state index in [9.17, 15) is 9.59 Å². The van der Waals surface area contributed by atoms with E-state index in [4.69, 9.17) is 4.74 Å². The van der Waals surface area contributed by atoms with Crippen molar-refractivity contribution in [3.8, 4) is 0 Å². The van der Waals surface area contributed by atoms with E-state index in [-0.39, 0.29) is 18.4 Å². The quantitative estimate of drug-likeness (QED) is 0.622. The van der Waals surface area contributed by atoms with Crippen molar-refractivity contribution < 1.29 is 14.3 Å². The van der Waals surface area contributed by atoms with Crippen LogP contribution in [0.25, 0.3) is 0 Å². The van der Waals surface area contributed by atoms with E-state index in [1.165, 1.54) is 0 Å². The first-order chi connectivity index (χ1) is 9.74. The van der Waals surface area contributed by atoms with Crippen molar-refractivity contribution in [1.29, 1.82) is 0 Å². The normalized spacial score (nSPS) is 16.6. The van der Waals surface area contributed by atoms with E-state index in [0.717, 1.165) is 32.2 Å². The second kappa shape index (κ2) is 10.6. The van der Waals surface area contributed by atoms with Gasteiger partial charge in [0, 0.05) is 39.7 Å². The Bertz CT molecular complexity index is 297. The Morgan fingerprint density at radius 2 is 2.00 bits per heavy atom. The predicted molar refractivity (Wildman–Crippen MR) is 77.4 cm³/mol. The minimum atomic E-state index is -0.0764. The van der Waals surface area contributed by atoms with Crippen LogP contribution in [-0.4, -0.2) is 63.2 Å². The van der Waals surface area contributed by atoms with Crippen LogP contribution in [0.5, 0.6) is 0 Å². The van der Waals surface area contributed by atoms with Crippen LogP contribution in [0.2, 0.25) is 0 Å². The monoisotopic (exact) mass is 285 g/mol. The maximum absolute atomic E-state index is 11.9. The molecule has 1 heterocycles. The molecule has 0 aromatic carbocycles. The standard InChI is InChI=1S/C14H27N3O3/c1-20-11-9-15-7-8-16-13(18)12-17-10-5-3-2-4-6-14(17)19/h15H,2-12H2,1H3,(H,16,18). The first kappa shape index (κ1) is 16.9. The lowest BCUT2D eigenvalue weighted by Crippen LogP contribution is -2.43. The summed E-state index contributed by atoms with van der Waals surface area (Å²) in [7, 11) is 1.66. The van der Waals surface area contributed by atoms with Crippen LogP contribution in [0.15, 0.2) is 0 Å². The van der Waals surface area contributed by atoms with Gasteiger partial charge in [-0.3, -0.25) is 9.59 Å². The molecule has 116 valence electrons. The van der Waals surface area contributed by atoms with Crippen LogP contribution in [0, 0.1) is 0 Å². The average Bonchev–Trinajstić information content (AvgIpc) is 2.42. The van der Waals surface area contributed by atoms with Crippen LogP contribution in [0.4, 0.5) is 0 Å². The van der Waals surface area contributed by atoms with Gasteiger partial charge in [-0.15, -0.1) is 0 Å². The Balaban J connectivity index is 2.14. The Morgan fingerprint density at radius 1 is 1.20 bits per heavy atom. The Hall–Kier alpha value is -1.14. The van der Waals surface area contributed by atoms with Crippen molar-refractivity contribution in [3.05, 3.63) is 0 Å². The minimum Gasteiger partial charge on any atom is -0.383 e. The molecule has 0 aromatic heterocycles. The van der Waals surface area contributed by atoms with Crippen molar-refractivity contribution in [1.82, 2.24) is 15.5 Å². The molecular weight excluding hydrogens is 258 g/mol. The molecule has 0 aliphatic carbocycles. The summed E-state index contributed by atoms with van der Waals surface area (Å²) < 4.78 is 4.91. The molecule has 20 heavy (non-hydrogen) atoms. The van der Waals surface area contributed by atoms with Crippen LogP contribution in [-0.2, 0) is 14.3 Å². The highest BCUT2D eigenvalue weighted by Gasteiger charge is 2.17. The highest BCUT2D eigenvalue weighted by atomic mass is 16.5. The molecule has 6 nitrogen and oxygen atoms in total. The number of likely N-dealkylation sites (tertiary alicyclic amines) is 1. The molecule has 6 heteroatoms. The first-order valence-electron chi connectivity index (χ1n) is 7.48. The van der Waals surface area contributed by atoms with Gasteiger partial charge in [0.2, 0.25) is 11.8 Å². The number of ether oxygens (including phenoxy) is 1. The third kappa shape index (κ3) is 7.45. The third-order valence-corrected chi connectivity index (χ3v) is 3.36. The Kier molecular flexibility index (Phi) is 8.98. The predicted octanol–water partition coefficient (Wildman–Crippen LogP) is 0.131. The molecule has 1 fully saturated rings. The van der Waals surface area contributed by atoms with Gasteiger partial charge in [0.25, 0.3) is 0 Å². The summed E-state index contributed by atoms with van der Waals surface area (Å²) in [5, 5.41) is 5.98. The molecule has 1 saturated heterocycles. The molecule has 0 spiro atoms. The Morgan fingerprint density at radius 3 is 2.80 bits per heavy atom. The molecular formula is C14H27N3O3. The van der Waals surface area contributed by atoms with Crippen molar-refractivity contribution in [2.75, 3.05) is 46.4 Å². The van der Waals surface area contributed by atoms with Gasteiger partial charge in [-0.05, 0) is 12.8 Å². The van der Waals surface area contributed by atoms with Gasteiger partial charge in [0.15, 0.2) is 0 Å². The van der Waals surface area contributed by atoms with Crippen molar-refractivity contribution >= 4 is 11.8 Å². The average molecular weight is 285 g/mol. The van der Waals surface area contributed by atoms with Gasteiger partial charge in [0.05, 0.1) is 13.2 Å². The molecule has 0 saturated carbocycles. The van der Waals surface area contributed by atoms with Crippen LogP contribution < -0.4 is 10.6 Å². The fourth-order valence-electron chi connectivity index (χ4n) is 2.20. The number of nitrogens with zero attached hydrogens (tertiary/aromatic N) is 1. The molecule has 1 aliphatic heterocycles. The largest absolute Gasteiger partial charge is 0.383 e. The number of carbonyl (C=O) groups is 2. The molecule has 0 unspecified atom stereocenters. The summed E-state index contributed by atoms with van der Waals surface area (Å²) in [5.41, 5.74) is 0. The zero-order chi connectivity index (χ0) is 14.6. The van der Waals surface area contributed by atoms with Gasteiger partial charge in [0.1, 0.15) is 0 Å². The molecule has 0 atom stereocenters. The van der Waals surface area contributed by atoms with Gasteiger partial charge in [-0.1, -0.05) is 12.8 Å². The van der Waals surface area contributed by atoms with Gasteiger partial charge < -0.3 is 20.3 Å². The second-order valence-corrected chi connectivity index (χ2v) is 5.07. The number of hydrogen-bond acceptors (Lipinski definition) is 4. The van der Waals surface area contributed by atoms with E-state index in [0.29, 0.717) is 32.7 Å². The van der Waals surface area contributed by atoms with Crippen molar-refractivity contribution in [2.45, 2.75) is 32.1 Å². The van der Waals surface area contributed by atoms with Crippen LogP contribution in [0.1, 0.15) is 32.1 Å². The number of hydrogen-bond donors (Lipinski definition) is 2. The summed E-state index contributed by atoms with van der Waals surface area (Å²) in [5.74, 6) is 0.0329. The summed E-state index contributed by atoms with van der Waals surface area (Å²) in [6, 6.07) is 0. The summed E-state index contributed by atoms with van der Waals surface area (Å²) in [4.78, 5) is 25.3. The minimum absolute atomic E-state index is 0.0764. The number of rotatable bonds is 8. The third-order valence-electron chi connectivity index (χ3n) is 3.36. The SMILES string of the molecule is COCCNCCNC(=O)CN1CCCCCCC1=O. The lowest BCUT2D eigenvalue weighted by atomic mass is 10.1. The number of carbonyl (C=O) groups excluding carboxylic acids is 2. The molecule has 0 radical (unpaired) electrons. The van der Waals surface area contributed by atoms with Gasteiger partial charge in [-0.2, -0.15) is 0 Å².